The van der Waals surface area contributed by atoms with E-state index in [1.54, 1.807) is 13.2 Å². The van der Waals surface area contributed by atoms with E-state index in [2.05, 4.69) is 88.4 Å². The first-order valence-corrected chi connectivity index (χ1v) is 21.0. The van der Waals surface area contributed by atoms with Crippen molar-refractivity contribution in [3.8, 4) is 11.5 Å². The Hall–Kier alpha value is -3.96. The van der Waals surface area contributed by atoms with Gasteiger partial charge in [0.25, 0.3) is 8.32 Å². The molecule has 0 atom stereocenters. The standard InChI is InChI=1S/C43H48BF2IN2O2Si/c1-28(2)52(29(3)4,30(5)6)51-40-24-14-33(15-25-40)10-20-37-26-31(7)42(48-37)41(35-16-18-36(47)19-17-35)43-32(8)27-38(49(43)44(45)46)21-11-34-12-22-39(50-9)23-13-34/h10-30H,1-9H3/b20-10+,21-11+,42-41-. The molecule has 4 aromatic rings. The number of aromatic nitrogens is 1. The lowest BCUT2D eigenvalue weighted by Crippen LogP contribution is -2.50. The minimum absolute atomic E-state index is 0.410. The van der Waals surface area contributed by atoms with Gasteiger partial charge in [-0.1, -0.05) is 90.1 Å². The number of aryl methyl sites for hydroxylation is 1. The second-order valence-corrected chi connectivity index (χ2v) is 20.9. The van der Waals surface area contributed by atoms with Gasteiger partial charge in [0.2, 0.25) is 0 Å². The summed E-state index contributed by atoms with van der Waals surface area (Å²) < 4.78 is 44.5. The highest BCUT2D eigenvalue weighted by Gasteiger charge is 2.47. The first-order valence-electron chi connectivity index (χ1n) is 17.8. The molecule has 2 heterocycles. The third kappa shape index (κ3) is 8.47. The molecular weight excluding hydrogens is 780 g/mol. The molecule has 3 aromatic carbocycles. The Morgan fingerprint density at radius 1 is 0.769 bits per heavy atom. The Morgan fingerprint density at radius 3 is 1.83 bits per heavy atom. The number of methoxy groups -OCH3 is 1. The summed E-state index contributed by atoms with van der Waals surface area (Å²) in [6, 6.07) is 25.5. The minimum Gasteiger partial charge on any atom is -0.543 e. The minimum atomic E-state index is -2.77. The van der Waals surface area contributed by atoms with Gasteiger partial charge in [-0.25, -0.2) is 4.99 Å². The molecule has 0 fully saturated rings. The van der Waals surface area contributed by atoms with Gasteiger partial charge in [0.1, 0.15) is 11.5 Å². The Balaban J connectivity index is 1.52. The maximum atomic E-state index is 15.1. The number of hydrogen-bond acceptors (Lipinski definition) is 3. The molecule has 5 rings (SSSR count). The van der Waals surface area contributed by atoms with Gasteiger partial charge in [0, 0.05) is 20.5 Å². The molecule has 0 saturated heterocycles. The monoisotopic (exact) mass is 828 g/mol. The average molecular weight is 829 g/mol. The van der Waals surface area contributed by atoms with E-state index in [0.29, 0.717) is 39.3 Å². The number of rotatable bonds is 13. The van der Waals surface area contributed by atoms with Gasteiger partial charge < -0.3 is 13.6 Å². The lowest BCUT2D eigenvalue weighted by atomic mass is 9.95. The van der Waals surface area contributed by atoms with Crippen LogP contribution >= 0.6 is 22.6 Å². The van der Waals surface area contributed by atoms with Gasteiger partial charge in [0.15, 0.2) is 0 Å². The van der Waals surface area contributed by atoms with Crippen LogP contribution in [0.1, 0.15) is 82.1 Å². The van der Waals surface area contributed by atoms with Crippen molar-refractivity contribution in [2.24, 2.45) is 4.99 Å². The second kappa shape index (κ2) is 16.8. The number of ether oxygens (including phenoxy) is 1. The second-order valence-electron chi connectivity index (χ2n) is 14.3. The molecule has 1 aliphatic heterocycles. The zero-order valence-corrected chi connectivity index (χ0v) is 34.7. The van der Waals surface area contributed by atoms with Gasteiger partial charge in [-0.3, -0.25) is 8.63 Å². The van der Waals surface area contributed by atoms with Gasteiger partial charge >= 0.3 is 7.40 Å². The van der Waals surface area contributed by atoms with Crippen molar-refractivity contribution in [1.82, 2.24) is 4.48 Å². The normalized spacial score (nSPS) is 14.6. The summed E-state index contributed by atoms with van der Waals surface area (Å²) in [4.78, 5) is 5.05. The molecule has 0 aliphatic carbocycles. The summed E-state index contributed by atoms with van der Waals surface area (Å²) >= 11 is 2.26. The molecule has 1 aromatic heterocycles. The largest absolute Gasteiger partial charge is 0.678 e. The van der Waals surface area contributed by atoms with Crippen molar-refractivity contribution < 1.29 is 17.8 Å². The van der Waals surface area contributed by atoms with E-state index in [-0.39, 0.29) is 0 Å². The van der Waals surface area contributed by atoms with E-state index in [9.17, 15) is 0 Å². The van der Waals surface area contributed by atoms with Crippen LogP contribution in [0.15, 0.2) is 107 Å². The highest BCUT2D eigenvalue weighted by atomic mass is 127. The molecule has 52 heavy (non-hydrogen) atoms. The van der Waals surface area contributed by atoms with Crippen molar-refractivity contribution in [3.63, 3.8) is 0 Å². The van der Waals surface area contributed by atoms with E-state index in [1.807, 2.05) is 92.7 Å². The third-order valence-corrected chi connectivity index (χ3v) is 16.7. The number of nitrogens with zero attached hydrogens (tertiary/aromatic N) is 2. The molecule has 1 aliphatic rings. The highest BCUT2D eigenvalue weighted by Crippen LogP contribution is 2.43. The molecule has 0 radical (unpaired) electrons. The van der Waals surface area contributed by atoms with Gasteiger partial charge in [-0.05, 0) is 142 Å². The summed E-state index contributed by atoms with van der Waals surface area (Å²) in [5.74, 6) is 1.65. The van der Waals surface area contributed by atoms with E-state index < -0.39 is 15.7 Å². The molecule has 0 spiro atoms. The number of hydrogen-bond donors (Lipinski definition) is 0. The van der Waals surface area contributed by atoms with E-state index in [1.165, 1.54) is 0 Å². The summed E-state index contributed by atoms with van der Waals surface area (Å²) in [6.45, 7) is 17.6. The zero-order chi connectivity index (χ0) is 37.7. The number of aliphatic imine (C=N–C) groups is 1. The molecular formula is C43H48BF2IN2O2Si. The highest BCUT2D eigenvalue weighted by molar-refractivity contribution is 14.1. The summed E-state index contributed by atoms with van der Waals surface area (Å²) in [5.41, 5.74) is 8.81. The van der Waals surface area contributed by atoms with Crippen molar-refractivity contribution in [2.75, 3.05) is 7.11 Å². The number of allylic oxidation sites excluding steroid dienone is 3. The van der Waals surface area contributed by atoms with Crippen molar-refractivity contribution in [3.05, 3.63) is 139 Å². The first kappa shape index (κ1) is 39.3. The van der Waals surface area contributed by atoms with Crippen LogP contribution in [0.5, 0.6) is 11.5 Å². The molecule has 0 unspecified atom stereocenters. The van der Waals surface area contributed by atoms with E-state index in [0.717, 1.165) is 53.1 Å². The summed E-state index contributed by atoms with van der Waals surface area (Å²) in [6.07, 6.45) is 9.61. The Labute approximate surface area is 323 Å². The maximum Gasteiger partial charge on any atom is 0.678 e. The molecule has 270 valence electrons. The fraction of sp³-hybridized carbons (Fsp3) is 0.279. The first-order chi connectivity index (χ1) is 24.7. The summed E-state index contributed by atoms with van der Waals surface area (Å²) in [7, 11) is -3.21. The quantitative estimate of drug-likeness (QED) is 0.0994. The van der Waals surface area contributed by atoms with Gasteiger partial charge in [-0.15, -0.1) is 0 Å². The number of benzene rings is 3. The SMILES string of the molecule is COc1ccc(/C=C/c2cc(C)c(/C(=C3N=C(/C=C/c4ccc(O[Si](C(C)C)(C(C)C)C(C)C)cc4)C=C\3C)c3ccc(I)cc3)n2B(F)F)cc1. The molecule has 9 heteroatoms. The van der Waals surface area contributed by atoms with Crippen LogP contribution in [0, 0.1) is 10.5 Å². The molecule has 0 N–H and O–H groups in total. The van der Waals surface area contributed by atoms with Crippen LogP contribution in [0.4, 0.5) is 8.63 Å². The van der Waals surface area contributed by atoms with Crippen LogP contribution in [-0.4, -0.2) is 33.0 Å². The van der Waals surface area contributed by atoms with Crippen LogP contribution in [0.3, 0.4) is 0 Å². The molecule has 0 bridgehead atoms. The molecule has 4 nitrogen and oxygen atoms in total. The zero-order valence-electron chi connectivity index (χ0n) is 31.5. The van der Waals surface area contributed by atoms with Crippen LogP contribution < -0.4 is 9.16 Å². The summed E-state index contributed by atoms with van der Waals surface area (Å²) in [5, 5.41) is 0. The fourth-order valence-corrected chi connectivity index (χ4v) is 13.1. The predicted octanol–water partition coefficient (Wildman–Crippen LogP) is 12.8. The predicted molar refractivity (Wildman–Crippen MR) is 228 cm³/mol. The van der Waals surface area contributed by atoms with Crippen LogP contribution in [0.25, 0.3) is 23.8 Å². The van der Waals surface area contributed by atoms with Crippen LogP contribution in [0.2, 0.25) is 16.6 Å². The third-order valence-electron chi connectivity index (χ3n) is 9.93. The van der Waals surface area contributed by atoms with Crippen molar-refractivity contribution >= 4 is 67.8 Å². The Kier molecular flexibility index (Phi) is 12.7. The topological polar surface area (TPSA) is 35.8 Å². The Bertz CT molecular complexity index is 2000. The van der Waals surface area contributed by atoms with E-state index >= 15 is 8.63 Å². The molecule has 0 amide bonds. The number of halogens is 3. The molecule has 0 saturated carbocycles. The van der Waals surface area contributed by atoms with Crippen molar-refractivity contribution in [2.45, 2.75) is 72.0 Å². The fourth-order valence-electron chi connectivity index (χ4n) is 7.50. The van der Waals surface area contributed by atoms with E-state index in [4.69, 9.17) is 14.2 Å². The van der Waals surface area contributed by atoms with Crippen molar-refractivity contribution in [1.29, 1.82) is 0 Å². The lowest BCUT2D eigenvalue weighted by molar-refractivity contribution is 0.415. The smallest absolute Gasteiger partial charge is 0.543 e. The lowest BCUT2D eigenvalue weighted by Gasteiger charge is -2.42. The van der Waals surface area contributed by atoms with Gasteiger partial charge in [0.05, 0.1) is 18.5 Å². The van der Waals surface area contributed by atoms with Crippen LogP contribution in [-0.2, 0) is 0 Å². The Morgan fingerprint density at radius 2 is 1.31 bits per heavy atom. The van der Waals surface area contributed by atoms with Gasteiger partial charge in [-0.2, -0.15) is 0 Å². The average Bonchev–Trinajstić information content (AvgIpc) is 3.64. The maximum absolute atomic E-state index is 15.1.